The van der Waals surface area contributed by atoms with Crippen molar-refractivity contribution in [1.82, 2.24) is 0 Å². The van der Waals surface area contributed by atoms with Crippen LogP contribution >= 0.6 is 11.6 Å². The molecule has 1 aromatic carbocycles. The van der Waals surface area contributed by atoms with E-state index in [1.807, 2.05) is 18.2 Å². The van der Waals surface area contributed by atoms with E-state index in [0.717, 1.165) is 31.2 Å². The summed E-state index contributed by atoms with van der Waals surface area (Å²) in [4.78, 5) is 0. The van der Waals surface area contributed by atoms with Crippen LogP contribution in [0.2, 0.25) is 5.02 Å². The highest BCUT2D eigenvalue weighted by Crippen LogP contribution is 2.44. The van der Waals surface area contributed by atoms with Gasteiger partial charge in [0.1, 0.15) is 5.75 Å². The zero-order chi connectivity index (χ0) is 13.4. The lowest BCUT2D eigenvalue weighted by atomic mass is 9.67. The Labute approximate surface area is 114 Å². The van der Waals surface area contributed by atoms with Crippen molar-refractivity contribution in [2.45, 2.75) is 45.1 Å². The highest BCUT2D eigenvalue weighted by atomic mass is 35.5. The Morgan fingerprint density at radius 1 is 1.17 bits per heavy atom. The average molecular weight is 268 g/mol. The smallest absolute Gasteiger partial charge is 0.137 e. The number of rotatable bonds is 2. The SMILES string of the molecule is COc1cc(C2(N)CCC(C)(C)CC2)ccc1Cl. The summed E-state index contributed by atoms with van der Waals surface area (Å²) < 4.78 is 5.27. The molecule has 1 aliphatic rings. The van der Waals surface area contributed by atoms with Gasteiger partial charge in [0.15, 0.2) is 0 Å². The van der Waals surface area contributed by atoms with Crippen molar-refractivity contribution in [1.29, 1.82) is 0 Å². The fourth-order valence-electron chi connectivity index (χ4n) is 2.63. The Kier molecular flexibility index (Phi) is 3.61. The predicted molar refractivity (Wildman–Crippen MR) is 76.1 cm³/mol. The molecule has 2 rings (SSSR count). The first kappa shape index (κ1) is 13.7. The van der Waals surface area contributed by atoms with Crippen molar-refractivity contribution in [3.8, 4) is 5.75 Å². The Morgan fingerprint density at radius 3 is 2.33 bits per heavy atom. The molecule has 1 aromatic rings. The molecule has 1 fully saturated rings. The lowest BCUT2D eigenvalue weighted by Gasteiger charge is -2.41. The Balaban J connectivity index is 2.26. The lowest BCUT2D eigenvalue weighted by molar-refractivity contribution is 0.165. The minimum Gasteiger partial charge on any atom is -0.495 e. The Hall–Kier alpha value is -0.730. The van der Waals surface area contributed by atoms with Crippen LogP contribution < -0.4 is 10.5 Å². The largest absolute Gasteiger partial charge is 0.495 e. The molecule has 100 valence electrons. The molecule has 18 heavy (non-hydrogen) atoms. The maximum atomic E-state index is 6.58. The summed E-state index contributed by atoms with van der Waals surface area (Å²) >= 11 is 6.06. The first-order valence-corrected chi connectivity index (χ1v) is 6.87. The van der Waals surface area contributed by atoms with Crippen LogP contribution in [0.3, 0.4) is 0 Å². The topological polar surface area (TPSA) is 35.2 Å². The third kappa shape index (κ3) is 2.65. The molecular formula is C15H22ClNO. The zero-order valence-electron chi connectivity index (χ0n) is 11.4. The van der Waals surface area contributed by atoms with Gasteiger partial charge < -0.3 is 10.5 Å². The minimum absolute atomic E-state index is 0.229. The molecule has 2 N–H and O–H groups in total. The molecule has 0 heterocycles. The van der Waals surface area contributed by atoms with Crippen LogP contribution in [0.4, 0.5) is 0 Å². The zero-order valence-corrected chi connectivity index (χ0v) is 12.2. The maximum absolute atomic E-state index is 6.58. The highest BCUT2D eigenvalue weighted by Gasteiger charge is 2.36. The third-order valence-corrected chi connectivity index (χ3v) is 4.53. The second kappa shape index (κ2) is 4.75. The van der Waals surface area contributed by atoms with Crippen molar-refractivity contribution in [2.24, 2.45) is 11.1 Å². The van der Waals surface area contributed by atoms with E-state index in [4.69, 9.17) is 22.1 Å². The summed E-state index contributed by atoms with van der Waals surface area (Å²) in [7, 11) is 1.64. The summed E-state index contributed by atoms with van der Waals surface area (Å²) in [6.07, 6.45) is 4.36. The molecule has 1 saturated carbocycles. The van der Waals surface area contributed by atoms with Crippen LogP contribution in [0.15, 0.2) is 18.2 Å². The van der Waals surface area contributed by atoms with Gasteiger partial charge in [0, 0.05) is 5.54 Å². The highest BCUT2D eigenvalue weighted by molar-refractivity contribution is 6.32. The molecule has 0 unspecified atom stereocenters. The lowest BCUT2D eigenvalue weighted by Crippen LogP contribution is -2.42. The van der Waals surface area contributed by atoms with Crippen LogP contribution in [-0.2, 0) is 5.54 Å². The molecule has 0 aromatic heterocycles. The molecule has 0 bridgehead atoms. The van der Waals surface area contributed by atoms with Crippen molar-refractivity contribution < 1.29 is 4.74 Å². The van der Waals surface area contributed by atoms with E-state index in [9.17, 15) is 0 Å². The summed E-state index contributed by atoms with van der Waals surface area (Å²) in [6, 6.07) is 5.90. The molecule has 2 nitrogen and oxygen atoms in total. The fraction of sp³-hybridized carbons (Fsp3) is 0.600. The third-order valence-electron chi connectivity index (χ3n) is 4.22. The van der Waals surface area contributed by atoms with Crippen molar-refractivity contribution >= 4 is 11.6 Å². The van der Waals surface area contributed by atoms with Crippen molar-refractivity contribution in [2.75, 3.05) is 7.11 Å². The number of halogens is 1. The van der Waals surface area contributed by atoms with Crippen LogP contribution in [0.5, 0.6) is 5.75 Å². The van der Waals surface area contributed by atoms with E-state index in [0.29, 0.717) is 16.2 Å². The van der Waals surface area contributed by atoms with Gasteiger partial charge in [-0.1, -0.05) is 31.5 Å². The average Bonchev–Trinajstić information content (AvgIpc) is 2.34. The van der Waals surface area contributed by atoms with Gasteiger partial charge in [0.05, 0.1) is 12.1 Å². The van der Waals surface area contributed by atoms with Crippen LogP contribution in [0.1, 0.15) is 45.1 Å². The van der Waals surface area contributed by atoms with Crippen LogP contribution in [0, 0.1) is 5.41 Å². The summed E-state index contributed by atoms with van der Waals surface area (Å²) in [5.41, 5.74) is 7.90. The number of methoxy groups -OCH3 is 1. The molecule has 0 spiro atoms. The van der Waals surface area contributed by atoms with Gasteiger partial charge in [0.25, 0.3) is 0 Å². The fourth-order valence-corrected chi connectivity index (χ4v) is 2.83. The normalized spacial score (nSPS) is 21.6. The van der Waals surface area contributed by atoms with E-state index in [1.54, 1.807) is 7.11 Å². The molecule has 0 amide bonds. The number of ether oxygens (including phenoxy) is 1. The second-order valence-electron chi connectivity index (χ2n) is 6.17. The standard InChI is InChI=1S/C15H22ClNO/c1-14(2)6-8-15(17,9-7-14)11-4-5-12(16)13(10-11)18-3/h4-5,10H,6-9,17H2,1-3H3. The molecule has 0 atom stereocenters. The van der Waals surface area contributed by atoms with Gasteiger partial charge in [-0.05, 0) is 48.8 Å². The number of nitrogens with two attached hydrogens (primary N) is 1. The van der Waals surface area contributed by atoms with Gasteiger partial charge in [-0.25, -0.2) is 0 Å². The minimum atomic E-state index is -0.229. The van der Waals surface area contributed by atoms with Crippen LogP contribution in [-0.4, -0.2) is 7.11 Å². The summed E-state index contributed by atoms with van der Waals surface area (Å²) in [6.45, 7) is 4.63. The van der Waals surface area contributed by atoms with Gasteiger partial charge in [-0.2, -0.15) is 0 Å². The molecule has 0 aliphatic heterocycles. The van der Waals surface area contributed by atoms with Gasteiger partial charge in [0.2, 0.25) is 0 Å². The van der Waals surface area contributed by atoms with E-state index in [1.165, 1.54) is 0 Å². The first-order valence-electron chi connectivity index (χ1n) is 6.49. The van der Waals surface area contributed by atoms with Gasteiger partial charge in [-0.15, -0.1) is 0 Å². The molecule has 1 aliphatic carbocycles. The molecule has 3 heteroatoms. The summed E-state index contributed by atoms with van der Waals surface area (Å²) in [5.74, 6) is 0.712. The quantitative estimate of drug-likeness (QED) is 0.875. The molecule has 0 saturated heterocycles. The summed E-state index contributed by atoms with van der Waals surface area (Å²) in [5, 5.41) is 0.640. The van der Waals surface area contributed by atoms with E-state index in [2.05, 4.69) is 13.8 Å². The number of benzene rings is 1. The van der Waals surface area contributed by atoms with Crippen molar-refractivity contribution in [3.63, 3.8) is 0 Å². The molecule has 0 radical (unpaired) electrons. The van der Waals surface area contributed by atoms with Gasteiger partial charge >= 0.3 is 0 Å². The van der Waals surface area contributed by atoms with Crippen molar-refractivity contribution in [3.05, 3.63) is 28.8 Å². The first-order chi connectivity index (χ1) is 8.36. The predicted octanol–water partition coefficient (Wildman–Crippen LogP) is 4.10. The van der Waals surface area contributed by atoms with E-state index < -0.39 is 0 Å². The Bertz CT molecular complexity index is 432. The molecular weight excluding hydrogens is 246 g/mol. The second-order valence-corrected chi connectivity index (χ2v) is 6.58. The van der Waals surface area contributed by atoms with E-state index >= 15 is 0 Å². The number of hydrogen-bond donors (Lipinski definition) is 1. The van der Waals surface area contributed by atoms with E-state index in [-0.39, 0.29) is 5.54 Å². The van der Waals surface area contributed by atoms with Crippen LogP contribution in [0.25, 0.3) is 0 Å². The maximum Gasteiger partial charge on any atom is 0.137 e. The number of hydrogen-bond acceptors (Lipinski definition) is 2. The van der Waals surface area contributed by atoms with Gasteiger partial charge in [-0.3, -0.25) is 0 Å². The monoisotopic (exact) mass is 267 g/mol. The Morgan fingerprint density at radius 2 is 1.78 bits per heavy atom.